The summed E-state index contributed by atoms with van der Waals surface area (Å²) in [6.45, 7) is 15.5. The van der Waals surface area contributed by atoms with E-state index in [1.807, 2.05) is 55.4 Å². The summed E-state index contributed by atoms with van der Waals surface area (Å²) in [5.74, 6) is 0. The third-order valence-corrected chi connectivity index (χ3v) is 4.48. The van der Waals surface area contributed by atoms with Crippen LogP contribution < -0.4 is 22.9 Å². The van der Waals surface area contributed by atoms with Crippen LogP contribution in [0.3, 0.4) is 0 Å². The van der Waals surface area contributed by atoms with E-state index in [0.29, 0.717) is 0 Å². The lowest BCUT2D eigenvalue weighted by Crippen LogP contribution is -2.59. The van der Waals surface area contributed by atoms with Crippen LogP contribution in [-0.4, -0.2) is 57.6 Å². The van der Waals surface area contributed by atoms with Gasteiger partial charge in [0.2, 0.25) is 0 Å². The zero-order chi connectivity index (χ0) is 20.2. The standard InChI is InChI=1S/C16H40N4O4Si/c1-13(2,17)9-21-25(22-10-14(3,4)18,23-11-15(5,6)19)24-12-16(7,8)20/h9-12,17-20H2,1-8H3/q-1. The van der Waals surface area contributed by atoms with E-state index in [4.69, 9.17) is 40.6 Å². The number of hydrogen-bond donors (Lipinski definition) is 4. The van der Waals surface area contributed by atoms with Gasteiger partial charge in [0.1, 0.15) is 0 Å². The van der Waals surface area contributed by atoms with Gasteiger partial charge in [-0.15, -0.1) is 0 Å². The Kier molecular flexibility index (Phi) is 8.69. The zero-order valence-corrected chi connectivity index (χ0v) is 18.3. The molecule has 0 unspecified atom stereocenters. The van der Waals surface area contributed by atoms with Gasteiger partial charge in [-0.3, -0.25) is 0 Å². The van der Waals surface area contributed by atoms with Gasteiger partial charge in [0.25, 0.3) is 0 Å². The summed E-state index contributed by atoms with van der Waals surface area (Å²) in [5.41, 5.74) is 21.9. The van der Waals surface area contributed by atoms with Crippen LogP contribution >= 0.6 is 0 Å². The lowest BCUT2D eigenvalue weighted by molar-refractivity contribution is -0.0600. The summed E-state index contributed by atoms with van der Waals surface area (Å²) in [7, 11) is -3.55. The summed E-state index contributed by atoms with van der Waals surface area (Å²) >= 11 is 0. The van der Waals surface area contributed by atoms with Gasteiger partial charge in [-0.1, -0.05) is 0 Å². The van der Waals surface area contributed by atoms with Crippen LogP contribution in [-0.2, 0) is 17.7 Å². The van der Waals surface area contributed by atoms with E-state index in [1.165, 1.54) is 0 Å². The lowest BCUT2D eigenvalue weighted by Gasteiger charge is -2.47. The fourth-order valence-electron chi connectivity index (χ4n) is 1.35. The largest absolute Gasteiger partial charge is 0.501 e. The Hall–Kier alpha value is -0.103. The fourth-order valence-corrected chi connectivity index (χ4v) is 4.04. The Labute approximate surface area is 154 Å². The van der Waals surface area contributed by atoms with Gasteiger partial charge in [-0.05, 0) is 55.4 Å². The summed E-state index contributed by atoms with van der Waals surface area (Å²) in [6, 6.07) is 0. The van der Waals surface area contributed by atoms with Crippen molar-refractivity contribution in [3.05, 3.63) is 0 Å². The average Bonchev–Trinajstić information content (AvgIpc) is 2.33. The molecule has 0 aliphatic rings. The molecule has 0 aromatic heterocycles. The van der Waals surface area contributed by atoms with E-state index < -0.39 is 31.2 Å². The predicted molar refractivity (Wildman–Crippen MR) is 103 cm³/mol. The Morgan fingerprint density at radius 2 is 0.640 bits per heavy atom. The van der Waals surface area contributed by atoms with Gasteiger partial charge in [0, 0.05) is 48.6 Å². The first kappa shape index (κ1) is 24.9. The van der Waals surface area contributed by atoms with Crippen molar-refractivity contribution in [2.45, 2.75) is 77.5 Å². The average molecular weight is 381 g/mol. The van der Waals surface area contributed by atoms with Crippen LogP contribution in [0.5, 0.6) is 0 Å². The molecule has 8 nitrogen and oxygen atoms in total. The van der Waals surface area contributed by atoms with Crippen molar-refractivity contribution in [1.82, 2.24) is 0 Å². The molecule has 0 aromatic carbocycles. The van der Waals surface area contributed by atoms with Crippen molar-refractivity contribution in [3.8, 4) is 0 Å². The molecule has 0 amide bonds. The second-order valence-electron chi connectivity index (χ2n) is 9.61. The van der Waals surface area contributed by atoms with E-state index in [1.54, 1.807) is 0 Å². The quantitative estimate of drug-likeness (QED) is 0.357. The van der Waals surface area contributed by atoms with Gasteiger partial charge >= 0.3 is 9.05 Å². The van der Waals surface area contributed by atoms with Gasteiger partial charge in [-0.25, -0.2) is 0 Å². The predicted octanol–water partition coefficient (Wildman–Crippen LogP) is 0.438. The van der Waals surface area contributed by atoms with E-state index in [-0.39, 0.29) is 26.4 Å². The fraction of sp³-hybridized carbons (Fsp3) is 1.00. The van der Waals surface area contributed by atoms with Crippen LogP contribution in [0, 0.1) is 0 Å². The van der Waals surface area contributed by atoms with Gasteiger partial charge in [-0.2, -0.15) is 0 Å². The first-order valence-electron chi connectivity index (χ1n) is 8.54. The van der Waals surface area contributed by atoms with Crippen LogP contribution in [0.1, 0.15) is 55.4 Å². The molecule has 9 heteroatoms. The van der Waals surface area contributed by atoms with Crippen LogP contribution in [0.15, 0.2) is 0 Å². The molecule has 25 heavy (non-hydrogen) atoms. The molecule has 0 aliphatic heterocycles. The van der Waals surface area contributed by atoms with Crippen LogP contribution in [0.2, 0.25) is 0 Å². The smallest absolute Gasteiger partial charge is 0.451 e. The molecule has 0 aliphatic carbocycles. The summed E-state index contributed by atoms with van der Waals surface area (Å²) in [6.07, 6.45) is 0. The van der Waals surface area contributed by atoms with E-state index >= 15 is 0 Å². The molecule has 0 spiro atoms. The molecule has 153 valence electrons. The molecule has 0 rings (SSSR count). The van der Waals surface area contributed by atoms with Crippen molar-refractivity contribution in [2.24, 2.45) is 22.9 Å². The first-order valence-corrected chi connectivity index (χ1v) is 10.2. The summed E-state index contributed by atoms with van der Waals surface area (Å²) in [4.78, 5) is 0. The highest BCUT2D eigenvalue weighted by molar-refractivity contribution is 6.53. The van der Waals surface area contributed by atoms with E-state index in [2.05, 4.69) is 0 Å². The second-order valence-corrected chi connectivity index (χ2v) is 11.8. The highest BCUT2D eigenvalue weighted by Crippen LogP contribution is 2.19. The Morgan fingerprint density at radius 3 is 0.760 bits per heavy atom. The lowest BCUT2D eigenvalue weighted by atomic mass is 10.1. The van der Waals surface area contributed by atoms with Crippen molar-refractivity contribution in [3.63, 3.8) is 0 Å². The van der Waals surface area contributed by atoms with Crippen molar-refractivity contribution in [1.29, 1.82) is 0 Å². The maximum Gasteiger partial charge on any atom is 0.451 e. The topological polar surface area (TPSA) is 141 Å². The molecule has 0 aromatic rings. The molecule has 0 fully saturated rings. The molecular weight excluding hydrogens is 340 g/mol. The van der Waals surface area contributed by atoms with E-state index in [9.17, 15) is 0 Å². The summed E-state index contributed by atoms with van der Waals surface area (Å²) in [5, 5.41) is 0. The molecule has 0 saturated carbocycles. The minimum atomic E-state index is -3.55. The van der Waals surface area contributed by atoms with Gasteiger partial charge < -0.3 is 40.6 Å². The molecule has 0 radical (unpaired) electrons. The van der Waals surface area contributed by atoms with Crippen molar-refractivity contribution in [2.75, 3.05) is 26.4 Å². The normalized spacial score (nSPS) is 14.9. The number of nitrogens with two attached hydrogens (primary N) is 4. The maximum absolute atomic E-state index is 6.04. The van der Waals surface area contributed by atoms with E-state index in [0.717, 1.165) is 0 Å². The maximum atomic E-state index is 6.04. The highest BCUT2D eigenvalue weighted by atomic mass is 28.4. The Morgan fingerprint density at radius 1 is 0.480 bits per heavy atom. The Balaban J connectivity index is 5.41. The van der Waals surface area contributed by atoms with Crippen LogP contribution in [0.4, 0.5) is 0 Å². The Bertz CT molecular complexity index is 317. The van der Waals surface area contributed by atoms with Gasteiger partial charge in [0.15, 0.2) is 0 Å². The third kappa shape index (κ3) is 14.7. The minimum absolute atomic E-state index is 0.195. The van der Waals surface area contributed by atoms with Crippen LogP contribution in [0.25, 0.3) is 0 Å². The van der Waals surface area contributed by atoms with Crippen molar-refractivity contribution >= 4 is 9.05 Å². The molecule has 0 saturated heterocycles. The number of rotatable bonds is 12. The molecule has 0 atom stereocenters. The zero-order valence-electron chi connectivity index (χ0n) is 17.3. The molecule has 8 N–H and O–H groups in total. The third-order valence-electron chi connectivity index (χ3n) is 2.48. The molecule has 0 heterocycles. The first-order chi connectivity index (χ1) is 10.8. The second kappa shape index (κ2) is 8.72. The number of hydrogen-bond acceptors (Lipinski definition) is 8. The molecule has 0 bridgehead atoms. The molecular formula is C16H40N4O4Si-. The monoisotopic (exact) mass is 380 g/mol. The SMILES string of the molecule is CC(C)(N)CO[Si-](OCC(C)(C)N)(OCC(C)(C)N)OCC(C)(C)N. The minimum Gasteiger partial charge on any atom is -0.501 e. The van der Waals surface area contributed by atoms with Crippen molar-refractivity contribution < 1.29 is 17.7 Å². The summed E-state index contributed by atoms with van der Waals surface area (Å²) < 4.78 is 23.8. The van der Waals surface area contributed by atoms with Gasteiger partial charge in [0.05, 0.1) is 0 Å². The highest BCUT2D eigenvalue weighted by Gasteiger charge is 2.35.